The third kappa shape index (κ3) is 6.87. The van der Waals surface area contributed by atoms with Gasteiger partial charge in [0.15, 0.2) is 6.29 Å². The van der Waals surface area contributed by atoms with Crippen molar-refractivity contribution in [2.24, 2.45) is 5.92 Å². The third-order valence-electron chi connectivity index (χ3n) is 7.33. The van der Waals surface area contributed by atoms with E-state index in [-0.39, 0.29) is 19.8 Å². The van der Waals surface area contributed by atoms with Crippen LogP contribution in [0.15, 0.2) is 72.3 Å². The quantitative estimate of drug-likeness (QED) is 0.272. The number of aliphatic hydroxyl groups excluding tert-OH is 4. The van der Waals surface area contributed by atoms with Gasteiger partial charge in [0, 0.05) is 13.0 Å². The molecule has 9 nitrogen and oxygen atoms in total. The van der Waals surface area contributed by atoms with E-state index in [9.17, 15) is 20.4 Å². The van der Waals surface area contributed by atoms with Crippen LogP contribution in [0.4, 0.5) is 0 Å². The lowest BCUT2D eigenvalue weighted by Crippen LogP contribution is -2.67. The molecule has 2 aromatic carbocycles. The molecule has 1 aliphatic heterocycles. The summed E-state index contributed by atoms with van der Waals surface area (Å²) in [5.74, 6) is -0.522. The Morgan fingerprint density at radius 1 is 0.895 bits per heavy atom. The van der Waals surface area contributed by atoms with Crippen LogP contribution in [0.3, 0.4) is 0 Å². The molecule has 208 valence electrons. The minimum absolute atomic E-state index is 0.168. The molecule has 9 atom stereocenters. The van der Waals surface area contributed by atoms with Crippen LogP contribution in [0.5, 0.6) is 0 Å². The average molecular weight is 530 g/mol. The summed E-state index contributed by atoms with van der Waals surface area (Å²) in [6.45, 7) is 2.18. The van der Waals surface area contributed by atoms with Crippen LogP contribution in [0, 0.1) is 5.92 Å². The van der Waals surface area contributed by atoms with Gasteiger partial charge in [-0.2, -0.15) is 0 Å². The first-order valence-electron chi connectivity index (χ1n) is 13.0. The van der Waals surface area contributed by atoms with E-state index >= 15 is 0 Å². The maximum absolute atomic E-state index is 11.5. The molecule has 0 amide bonds. The van der Waals surface area contributed by atoms with Gasteiger partial charge in [-0.1, -0.05) is 73.7 Å². The van der Waals surface area contributed by atoms with E-state index in [4.69, 9.17) is 18.9 Å². The predicted molar refractivity (Wildman–Crippen MR) is 140 cm³/mol. The minimum Gasteiger partial charge on any atom is -0.392 e. The van der Waals surface area contributed by atoms with Gasteiger partial charge in [0.2, 0.25) is 0 Å². The smallest absolute Gasteiger partial charge is 0.175 e. The van der Waals surface area contributed by atoms with Gasteiger partial charge in [-0.25, -0.2) is 0 Å². The van der Waals surface area contributed by atoms with E-state index in [1.807, 2.05) is 60.7 Å². The molecule has 2 aromatic rings. The van der Waals surface area contributed by atoms with Gasteiger partial charge in [0.05, 0.1) is 50.7 Å². The Hall–Kier alpha value is -2.18. The molecule has 4 rings (SSSR count). The molecule has 1 aliphatic carbocycles. The van der Waals surface area contributed by atoms with Crippen molar-refractivity contribution in [2.45, 2.75) is 69.0 Å². The van der Waals surface area contributed by atoms with Crippen molar-refractivity contribution in [3.8, 4) is 0 Å². The molecule has 0 radical (unpaired) electrons. The highest BCUT2D eigenvalue weighted by atomic mass is 16.7. The number of hydrogen-bond acceptors (Lipinski definition) is 9. The molecule has 0 bridgehead atoms. The monoisotopic (exact) mass is 529 g/mol. The summed E-state index contributed by atoms with van der Waals surface area (Å²) in [7, 11) is 1.48. The molecular formula is C29H39NO8. The SMILES string of the molecule is CO[C@H]1OC(COCc2ccccc2)[C@@H](OCc2ccccc2)C(O)[C@H]1NC1C=C(CO)[C@@H](O)C(C)[C@H]1O. The molecule has 0 spiro atoms. The van der Waals surface area contributed by atoms with Gasteiger partial charge in [-0.05, 0) is 16.7 Å². The van der Waals surface area contributed by atoms with Gasteiger partial charge < -0.3 is 39.4 Å². The van der Waals surface area contributed by atoms with Crippen molar-refractivity contribution in [1.29, 1.82) is 0 Å². The Labute approximate surface area is 223 Å². The van der Waals surface area contributed by atoms with Crippen molar-refractivity contribution >= 4 is 0 Å². The van der Waals surface area contributed by atoms with E-state index in [0.29, 0.717) is 12.2 Å². The standard InChI is InChI=1S/C29H39NO8/c1-18-25(32)21(14-31)13-22(26(18)33)30-24-27(34)28(37-16-20-11-7-4-8-12-20)23(38-29(24)35-2)17-36-15-19-9-5-3-6-10-19/h3-13,18,22-34H,14-17H2,1-2H3/t18?,22?,23?,24-,25+,26-,27?,28-,29+/m1/s1. The number of aliphatic hydroxyl groups is 4. The summed E-state index contributed by atoms with van der Waals surface area (Å²) in [6.07, 6.45) is -3.65. The maximum Gasteiger partial charge on any atom is 0.175 e. The number of nitrogens with one attached hydrogen (secondary N) is 1. The first-order valence-corrected chi connectivity index (χ1v) is 13.0. The zero-order chi connectivity index (χ0) is 27.1. The van der Waals surface area contributed by atoms with Crippen LogP contribution < -0.4 is 5.32 Å². The topological polar surface area (TPSA) is 130 Å². The second-order valence-corrected chi connectivity index (χ2v) is 9.94. The average Bonchev–Trinajstić information content (AvgIpc) is 2.95. The van der Waals surface area contributed by atoms with E-state index < -0.39 is 54.8 Å². The Morgan fingerprint density at radius 2 is 1.53 bits per heavy atom. The number of benzene rings is 2. The largest absolute Gasteiger partial charge is 0.392 e. The number of hydrogen-bond donors (Lipinski definition) is 5. The maximum atomic E-state index is 11.5. The summed E-state index contributed by atoms with van der Waals surface area (Å²) >= 11 is 0. The highest BCUT2D eigenvalue weighted by Gasteiger charge is 2.48. The normalized spacial score (nSPS) is 33.6. The van der Waals surface area contributed by atoms with Gasteiger partial charge >= 0.3 is 0 Å². The molecule has 5 N–H and O–H groups in total. The third-order valence-corrected chi connectivity index (χ3v) is 7.33. The molecule has 9 heteroatoms. The molecule has 0 aromatic heterocycles. The molecule has 0 saturated carbocycles. The van der Waals surface area contributed by atoms with Crippen LogP contribution >= 0.6 is 0 Å². The second-order valence-electron chi connectivity index (χ2n) is 9.94. The van der Waals surface area contributed by atoms with Crippen molar-refractivity contribution in [1.82, 2.24) is 5.32 Å². The first kappa shape index (κ1) is 28.8. The van der Waals surface area contributed by atoms with Crippen LogP contribution in [-0.4, -0.2) is 89.6 Å². The second kappa shape index (κ2) is 13.7. The molecule has 2 aliphatic rings. The lowest BCUT2D eigenvalue weighted by molar-refractivity contribution is -0.278. The van der Waals surface area contributed by atoms with E-state index in [2.05, 4.69) is 5.32 Å². The Balaban J connectivity index is 1.51. The first-order chi connectivity index (χ1) is 18.4. The summed E-state index contributed by atoms with van der Waals surface area (Å²) in [4.78, 5) is 0. The Morgan fingerprint density at radius 3 is 2.13 bits per heavy atom. The van der Waals surface area contributed by atoms with Crippen LogP contribution in [0.1, 0.15) is 18.1 Å². The summed E-state index contributed by atoms with van der Waals surface area (Å²) in [6, 6.07) is 18.0. The van der Waals surface area contributed by atoms with Crippen molar-refractivity contribution in [2.75, 3.05) is 20.3 Å². The number of methoxy groups -OCH3 is 1. The fraction of sp³-hybridized carbons (Fsp3) is 0.517. The fourth-order valence-corrected chi connectivity index (χ4v) is 5.07. The Kier molecular flexibility index (Phi) is 10.4. The summed E-state index contributed by atoms with van der Waals surface area (Å²) < 4.78 is 24.0. The molecular weight excluding hydrogens is 490 g/mol. The lowest BCUT2D eigenvalue weighted by Gasteiger charge is -2.46. The molecule has 1 fully saturated rings. The van der Waals surface area contributed by atoms with E-state index in [1.165, 1.54) is 7.11 Å². The highest BCUT2D eigenvalue weighted by Crippen LogP contribution is 2.30. The summed E-state index contributed by atoms with van der Waals surface area (Å²) in [5, 5.41) is 45.7. The minimum atomic E-state index is -1.08. The zero-order valence-electron chi connectivity index (χ0n) is 21.8. The Bertz CT molecular complexity index is 1010. The predicted octanol–water partition coefficient (Wildman–Crippen LogP) is 1.14. The van der Waals surface area contributed by atoms with Gasteiger partial charge in [0.25, 0.3) is 0 Å². The van der Waals surface area contributed by atoms with Gasteiger partial charge in [-0.15, -0.1) is 0 Å². The van der Waals surface area contributed by atoms with Crippen LogP contribution in [-0.2, 0) is 32.2 Å². The summed E-state index contributed by atoms with van der Waals surface area (Å²) in [5.41, 5.74) is 2.37. The molecule has 38 heavy (non-hydrogen) atoms. The molecule has 1 heterocycles. The zero-order valence-corrected chi connectivity index (χ0v) is 21.8. The number of rotatable bonds is 11. The van der Waals surface area contributed by atoms with Gasteiger partial charge in [-0.3, -0.25) is 5.32 Å². The van der Waals surface area contributed by atoms with Gasteiger partial charge in [0.1, 0.15) is 18.3 Å². The van der Waals surface area contributed by atoms with Crippen molar-refractivity contribution in [3.63, 3.8) is 0 Å². The number of ether oxygens (including phenoxy) is 4. The lowest BCUT2D eigenvalue weighted by atomic mass is 9.81. The fourth-order valence-electron chi connectivity index (χ4n) is 5.07. The van der Waals surface area contributed by atoms with E-state index in [1.54, 1.807) is 13.0 Å². The highest BCUT2D eigenvalue weighted by molar-refractivity contribution is 5.21. The van der Waals surface area contributed by atoms with Crippen molar-refractivity contribution in [3.05, 3.63) is 83.4 Å². The molecule has 1 saturated heterocycles. The molecule has 4 unspecified atom stereocenters. The van der Waals surface area contributed by atoms with Crippen LogP contribution in [0.2, 0.25) is 0 Å². The van der Waals surface area contributed by atoms with E-state index in [0.717, 1.165) is 11.1 Å². The van der Waals surface area contributed by atoms with Crippen LogP contribution in [0.25, 0.3) is 0 Å². The van der Waals surface area contributed by atoms with Crippen molar-refractivity contribution < 1.29 is 39.4 Å².